The molecule has 1 aromatic rings. The Labute approximate surface area is 185 Å². The fourth-order valence-corrected chi connectivity index (χ4v) is 5.73. The minimum atomic E-state index is -0.555. The molecule has 2 fully saturated rings. The lowest BCUT2D eigenvalue weighted by Gasteiger charge is -2.46. The summed E-state index contributed by atoms with van der Waals surface area (Å²) < 4.78 is 0. The number of nitrogens with two attached hydrogens (primary N) is 1. The molecule has 31 heavy (non-hydrogen) atoms. The highest BCUT2D eigenvalue weighted by molar-refractivity contribution is 5.83. The smallest absolute Gasteiger partial charge is 0.314 e. The molecule has 3 aliphatic rings. The van der Waals surface area contributed by atoms with Crippen LogP contribution >= 0.6 is 0 Å². The average Bonchev–Trinajstić information content (AvgIpc) is 2.75. The minimum absolute atomic E-state index is 0.0316. The number of aliphatic hydroxyl groups is 1. The van der Waals surface area contributed by atoms with Gasteiger partial charge in [0.1, 0.15) is 0 Å². The Morgan fingerprint density at radius 2 is 2.00 bits per heavy atom. The van der Waals surface area contributed by atoms with Crippen LogP contribution in [0.25, 0.3) is 0 Å². The van der Waals surface area contributed by atoms with Crippen molar-refractivity contribution < 1.29 is 14.7 Å². The van der Waals surface area contributed by atoms with Crippen molar-refractivity contribution in [1.29, 1.82) is 0 Å². The molecule has 0 aromatic heterocycles. The molecule has 170 valence electrons. The SMILES string of the molecule is CC1(C[C@H](O)CN2CCc3ccccc3C2)CCCN(C2CCCN(C(N)=O)C2)C1=O. The van der Waals surface area contributed by atoms with Gasteiger partial charge in [0.15, 0.2) is 0 Å². The van der Waals surface area contributed by atoms with E-state index in [1.54, 1.807) is 4.90 Å². The molecular weight excluding hydrogens is 392 g/mol. The summed E-state index contributed by atoms with van der Waals surface area (Å²) >= 11 is 0. The van der Waals surface area contributed by atoms with E-state index in [0.29, 0.717) is 26.1 Å². The van der Waals surface area contributed by atoms with E-state index in [-0.39, 0.29) is 11.9 Å². The summed E-state index contributed by atoms with van der Waals surface area (Å²) in [6.07, 6.45) is 4.45. The van der Waals surface area contributed by atoms with E-state index in [1.807, 2.05) is 11.8 Å². The Hall–Kier alpha value is -2.12. The molecular formula is C24H36N4O3. The second kappa shape index (κ2) is 9.17. The van der Waals surface area contributed by atoms with Gasteiger partial charge in [-0.05, 0) is 49.7 Å². The molecule has 4 rings (SSSR count). The number of amides is 3. The lowest BCUT2D eigenvalue weighted by atomic mass is 9.75. The number of aliphatic hydroxyl groups excluding tert-OH is 1. The highest BCUT2D eigenvalue weighted by Crippen LogP contribution is 2.37. The summed E-state index contributed by atoms with van der Waals surface area (Å²) in [7, 11) is 0. The van der Waals surface area contributed by atoms with Gasteiger partial charge >= 0.3 is 6.03 Å². The number of carbonyl (C=O) groups excluding carboxylic acids is 2. The number of hydrogen-bond acceptors (Lipinski definition) is 4. The fourth-order valence-electron chi connectivity index (χ4n) is 5.73. The van der Waals surface area contributed by atoms with E-state index < -0.39 is 17.6 Å². The Morgan fingerprint density at radius 3 is 2.77 bits per heavy atom. The number of β-amino-alcohol motifs (C(OH)–C–C–N with tert-alkyl or cyclic N) is 1. The topological polar surface area (TPSA) is 90.1 Å². The third-order valence-corrected chi connectivity index (χ3v) is 7.42. The summed E-state index contributed by atoms with van der Waals surface area (Å²) in [5.74, 6) is 0.123. The van der Waals surface area contributed by atoms with Gasteiger partial charge in [0.25, 0.3) is 0 Å². The van der Waals surface area contributed by atoms with Crippen molar-refractivity contribution >= 4 is 11.9 Å². The van der Waals surface area contributed by atoms with Gasteiger partial charge in [-0.1, -0.05) is 31.2 Å². The van der Waals surface area contributed by atoms with E-state index in [0.717, 1.165) is 51.7 Å². The summed E-state index contributed by atoms with van der Waals surface area (Å²) in [4.78, 5) is 31.0. The fraction of sp³-hybridized carbons (Fsp3) is 0.667. The first-order chi connectivity index (χ1) is 14.9. The second-order valence-corrected chi connectivity index (χ2v) is 9.85. The molecule has 0 spiro atoms. The van der Waals surface area contributed by atoms with Gasteiger partial charge in [-0.15, -0.1) is 0 Å². The van der Waals surface area contributed by atoms with Gasteiger partial charge in [0, 0.05) is 50.7 Å². The number of likely N-dealkylation sites (tertiary alicyclic amines) is 2. The van der Waals surface area contributed by atoms with Gasteiger partial charge in [-0.3, -0.25) is 9.69 Å². The lowest BCUT2D eigenvalue weighted by Crippen LogP contribution is -2.58. The maximum atomic E-state index is 13.5. The van der Waals surface area contributed by atoms with Gasteiger partial charge in [-0.25, -0.2) is 4.79 Å². The molecule has 3 amide bonds. The molecule has 0 aliphatic carbocycles. The largest absolute Gasteiger partial charge is 0.392 e. The van der Waals surface area contributed by atoms with Gasteiger partial charge in [0.05, 0.1) is 6.10 Å². The number of piperidine rings is 2. The summed E-state index contributed by atoms with van der Waals surface area (Å²) in [5, 5.41) is 10.9. The molecule has 0 bridgehead atoms. The molecule has 3 heterocycles. The second-order valence-electron chi connectivity index (χ2n) is 9.85. The zero-order valence-electron chi connectivity index (χ0n) is 18.6. The Balaban J connectivity index is 1.36. The summed E-state index contributed by atoms with van der Waals surface area (Å²) in [5.41, 5.74) is 7.66. The predicted molar refractivity (Wildman–Crippen MR) is 119 cm³/mol. The standard InChI is InChI=1S/C24H36N4O3/c1-24(14-21(29)17-26-13-9-18-6-2-3-7-19(18)15-26)10-5-12-28(22(24)30)20-8-4-11-27(16-20)23(25)31/h2-3,6-7,20-21,29H,4-5,8-17H2,1H3,(H2,25,31)/t20?,21-,24?/m0/s1. The maximum absolute atomic E-state index is 13.5. The third-order valence-electron chi connectivity index (χ3n) is 7.42. The number of rotatable bonds is 5. The van der Waals surface area contributed by atoms with E-state index >= 15 is 0 Å². The van der Waals surface area contributed by atoms with Gasteiger partial charge in [0.2, 0.25) is 5.91 Å². The predicted octanol–water partition coefficient (Wildman–Crippen LogP) is 1.97. The van der Waals surface area contributed by atoms with Crippen molar-refractivity contribution in [3.63, 3.8) is 0 Å². The molecule has 2 saturated heterocycles. The highest BCUT2D eigenvalue weighted by Gasteiger charge is 2.44. The number of hydrogen-bond donors (Lipinski definition) is 2. The zero-order chi connectivity index (χ0) is 22.0. The van der Waals surface area contributed by atoms with Crippen LogP contribution in [0.1, 0.15) is 50.2 Å². The van der Waals surface area contributed by atoms with Crippen molar-refractivity contribution in [2.75, 3.05) is 32.7 Å². The highest BCUT2D eigenvalue weighted by atomic mass is 16.3. The summed E-state index contributed by atoms with van der Waals surface area (Å²) in [6, 6.07) is 8.13. The summed E-state index contributed by atoms with van der Waals surface area (Å²) in [6.45, 7) is 6.31. The van der Waals surface area contributed by atoms with Crippen molar-refractivity contribution in [1.82, 2.24) is 14.7 Å². The number of fused-ring (bicyclic) bond motifs is 1. The van der Waals surface area contributed by atoms with Crippen molar-refractivity contribution in [2.45, 2.75) is 64.1 Å². The zero-order valence-corrected chi connectivity index (χ0v) is 18.6. The average molecular weight is 429 g/mol. The number of urea groups is 1. The molecule has 0 radical (unpaired) electrons. The van der Waals surface area contributed by atoms with Gasteiger partial charge in [-0.2, -0.15) is 0 Å². The van der Waals surface area contributed by atoms with Gasteiger partial charge < -0.3 is 20.6 Å². The first kappa shape index (κ1) is 22.1. The minimum Gasteiger partial charge on any atom is -0.392 e. The molecule has 2 unspecified atom stereocenters. The van der Waals surface area contributed by atoms with Crippen molar-refractivity contribution in [3.05, 3.63) is 35.4 Å². The third kappa shape index (κ3) is 4.88. The molecule has 3 aliphatic heterocycles. The van der Waals surface area contributed by atoms with Crippen molar-refractivity contribution in [3.8, 4) is 0 Å². The van der Waals surface area contributed by atoms with Crippen molar-refractivity contribution in [2.24, 2.45) is 11.1 Å². The molecule has 3 N–H and O–H groups in total. The number of primary amides is 1. The van der Waals surface area contributed by atoms with Crippen LogP contribution < -0.4 is 5.73 Å². The normalized spacial score (nSPS) is 28.3. The molecule has 3 atom stereocenters. The Bertz CT molecular complexity index is 816. The molecule has 0 saturated carbocycles. The number of nitrogens with zero attached hydrogens (tertiary/aromatic N) is 3. The van der Waals surface area contributed by atoms with E-state index in [9.17, 15) is 14.7 Å². The van der Waals surface area contributed by atoms with Crippen LogP contribution in [0.4, 0.5) is 4.79 Å². The molecule has 7 nitrogen and oxygen atoms in total. The van der Waals surface area contributed by atoms with Crippen LogP contribution in [-0.4, -0.2) is 76.6 Å². The maximum Gasteiger partial charge on any atom is 0.314 e. The van der Waals surface area contributed by atoms with Crippen LogP contribution in [0.15, 0.2) is 24.3 Å². The quantitative estimate of drug-likeness (QED) is 0.750. The van der Waals surface area contributed by atoms with E-state index in [4.69, 9.17) is 5.73 Å². The van der Waals surface area contributed by atoms with Crippen LogP contribution in [0.2, 0.25) is 0 Å². The number of benzene rings is 1. The van der Waals surface area contributed by atoms with Crippen LogP contribution in [0.3, 0.4) is 0 Å². The van der Waals surface area contributed by atoms with E-state index in [1.165, 1.54) is 11.1 Å². The van der Waals surface area contributed by atoms with Crippen LogP contribution in [0.5, 0.6) is 0 Å². The van der Waals surface area contributed by atoms with E-state index in [2.05, 4.69) is 29.2 Å². The van der Waals surface area contributed by atoms with Crippen LogP contribution in [-0.2, 0) is 17.8 Å². The number of carbonyl (C=O) groups is 2. The molecule has 1 aromatic carbocycles. The Morgan fingerprint density at radius 1 is 1.23 bits per heavy atom. The molecule has 7 heteroatoms. The Kier molecular flexibility index (Phi) is 6.53. The van der Waals surface area contributed by atoms with Crippen LogP contribution in [0, 0.1) is 5.41 Å². The first-order valence-corrected chi connectivity index (χ1v) is 11.7. The monoisotopic (exact) mass is 428 g/mol. The lowest BCUT2D eigenvalue weighted by molar-refractivity contribution is -0.151. The first-order valence-electron chi connectivity index (χ1n) is 11.7.